The van der Waals surface area contributed by atoms with Crippen LogP contribution in [0.25, 0.3) is 0 Å². The maximum absolute atomic E-state index is 9.47. The van der Waals surface area contributed by atoms with E-state index in [0.717, 1.165) is 101 Å². The lowest BCUT2D eigenvalue weighted by molar-refractivity contribution is 0.131. The van der Waals surface area contributed by atoms with Crippen molar-refractivity contribution in [1.29, 1.82) is 0 Å². The van der Waals surface area contributed by atoms with E-state index in [0.29, 0.717) is 11.5 Å². The van der Waals surface area contributed by atoms with Gasteiger partial charge in [-0.15, -0.1) is 0 Å². The van der Waals surface area contributed by atoms with Gasteiger partial charge in [-0.2, -0.15) is 0 Å². The quantitative estimate of drug-likeness (QED) is 0.356. The number of hydrogen-bond donors (Lipinski definition) is 2. The molecule has 0 aliphatic carbocycles. The molecule has 3 rings (SSSR count). The van der Waals surface area contributed by atoms with Crippen molar-refractivity contribution in [2.75, 3.05) is 52.4 Å². The van der Waals surface area contributed by atoms with Crippen LogP contribution in [0, 0.1) is 0 Å². The van der Waals surface area contributed by atoms with Gasteiger partial charge in [-0.05, 0) is 98.4 Å². The molecule has 2 N–H and O–H groups in total. The summed E-state index contributed by atoms with van der Waals surface area (Å²) < 4.78 is 0. The van der Waals surface area contributed by atoms with Gasteiger partial charge in [0.1, 0.15) is 11.5 Å². The zero-order valence-electron chi connectivity index (χ0n) is 20.8. The molecule has 1 aliphatic rings. The molecule has 184 valence electrons. The smallest absolute Gasteiger partial charge is 0.115 e. The average Bonchev–Trinajstić information content (AvgIpc) is 2.86. The van der Waals surface area contributed by atoms with Gasteiger partial charge in [-0.25, -0.2) is 0 Å². The Morgan fingerprint density at radius 2 is 1.00 bits per heavy atom. The van der Waals surface area contributed by atoms with Crippen LogP contribution in [-0.2, 0) is 0 Å². The van der Waals surface area contributed by atoms with Gasteiger partial charge >= 0.3 is 0 Å². The molecule has 0 radical (unpaired) electrons. The Morgan fingerprint density at radius 3 is 1.32 bits per heavy atom. The summed E-state index contributed by atoms with van der Waals surface area (Å²) in [7, 11) is 0. The lowest BCUT2D eigenvalue weighted by atomic mass is 10.1. The first-order chi connectivity index (χ1) is 16.6. The van der Waals surface area contributed by atoms with Crippen LogP contribution in [0.1, 0.15) is 50.7 Å². The van der Waals surface area contributed by atoms with Gasteiger partial charge < -0.3 is 20.0 Å². The van der Waals surface area contributed by atoms with Gasteiger partial charge in [0.15, 0.2) is 0 Å². The number of rotatable bonds is 12. The fourth-order valence-electron chi connectivity index (χ4n) is 4.38. The molecule has 6 heteroatoms. The highest BCUT2D eigenvalue weighted by Crippen LogP contribution is 2.13. The predicted octanol–water partition coefficient (Wildman–Crippen LogP) is 4.59. The molecule has 0 bridgehead atoms. The van der Waals surface area contributed by atoms with E-state index in [4.69, 9.17) is 9.98 Å². The number of phenolic OH excluding ortho intramolecular Hbond substituents is 2. The highest BCUT2D eigenvalue weighted by molar-refractivity contribution is 6.01. The predicted molar refractivity (Wildman–Crippen MR) is 142 cm³/mol. The SMILES string of the molecule is CCC(=NCCCN1CCN(CCCN=C(CC)c2ccc(O)cc2)CC1)c1ccc(O)cc1. The third kappa shape index (κ3) is 8.26. The molecule has 2 aromatic carbocycles. The average molecular weight is 465 g/mol. The molecule has 0 aromatic heterocycles. The summed E-state index contributed by atoms with van der Waals surface area (Å²) in [4.78, 5) is 14.7. The second kappa shape index (κ2) is 13.9. The number of benzene rings is 2. The minimum Gasteiger partial charge on any atom is -0.508 e. The molecule has 1 saturated heterocycles. The molecule has 0 saturated carbocycles. The number of hydrogen-bond acceptors (Lipinski definition) is 6. The molecule has 1 aliphatic heterocycles. The third-order valence-corrected chi connectivity index (χ3v) is 6.41. The van der Waals surface area contributed by atoms with Crippen LogP contribution in [0.15, 0.2) is 58.5 Å². The number of aromatic hydroxyl groups is 2. The second-order valence-corrected chi connectivity index (χ2v) is 8.85. The minimum atomic E-state index is 0.297. The van der Waals surface area contributed by atoms with E-state index in [1.165, 1.54) is 0 Å². The first kappa shape index (κ1) is 25.9. The largest absolute Gasteiger partial charge is 0.508 e. The molecular formula is C28H40N4O2. The number of piperazine rings is 1. The first-order valence-electron chi connectivity index (χ1n) is 12.7. The van der Waals surface area contributed by atoms with E-state index in [1.54, 1.807) is 24.3 Å². The maximum Gasteiger partial charge on any atom is 0.115 e. The summed E-state index contributed by atoms with van der Waals surface area (Å²) in [5, 5.41) is 18.9. The van der Waals surface area contributed by atoms with E-state index in [9.17, 15) is 10.2 Å². The van der Waals surface area contributed by atoms with Crippen molar-refractivity contribution < 1.29 is 10.2 Å². The molecule has 0 amide bonds. The summed E-state index contributed by atoms with van der Waals surface area (Å²) in [6, 6.07) is 14.7. The van der Waals surface area contributed by atoms with Gasteiger partial charge in [-0.1, -0.05) is 13.8 Å². The summed E-state index contributed by atoms with van der Waals surface area (Å²) in [6.07, 6.45) is 3.96. The minimum absolute atomic E-state index is 0.297. The second-order valence-electron chi connectivity index (χ2n) is 8.85. The maximum atomic E-state index is 9.47. The van der Waals surface area contributed by atoms with Crippen LogP contribution in [-0.4, -0.2) is 83.8 Å². The van der Waals surface area contributed by atoms with E-state index < -0.39 is 0 Å². The first-order valence-corrected chi connectivity index (χ1v) is 12.7. The molecular weight excluding hydrogens is 424 g/mol. The van der Waals surface area contributed by atoms with E-state index in [2.05, 4.69) is 23.6 Å². The zero-order chi connectivity index (χ0) is 24.2. The molecule has 1 heterocycles. The summed E-state index contributed by atoms with van der Waals surface area (Å²) >= 11 is 0. The van der Waals surface area contributed by atoms with Crippen molar-refractivity contribution in [3.05, 3.63) is 59.7 Å². The van der Waals surface area contributed by atoms with Gasteiger partial charge in [0.05, 0.1) is 0 Å². The van der Waals surface area contributed by atoms with Gasteiger partial charge in [0, 0.05) is 50.7 Å². The Bertz CT molecular complexity index is 837. The summed E-state index contributed by atoms with van der Waals surface area (Å²) in [5.41, 5.74) is 4.44. The summed E-state index contributed by atoms with van der Waals surface area (Å²) in [5.74, 6) is 0.594. The fraction of sp³-hybridized carbons (Fsp3) is 0.500. The lowest BCUT2D eigenvalue weighted by Gasteiger charge is -2.34. The molecule has 6 nitrogen and oxygen atoms in total. The van der Waals surface area contributed by atoms with Crippen molar-refractivity contribution >= 4 is 11.4 Å². The monoisotopic (exact) mass is 464 g/mol. The molecule has 0 unspecified atom stereocenters. The Balaban J connectivity index is 1.32. The molecule has 34 heavy (non-hydrogen) atoms. The number of aliphatic imine (C=N–C) groups is 2. The molecule has 0 spiro atoms. The molecule has 2 aromatic rings. The van der Waals surface area contributed by atoms with Crippen molar-refractivity contribution in [2.24, 2.45) is 9.98 Å². The Hall–Kier alpha value is -2.70. The summed E-state index contributed by atoms with van der Waals surface area (Å²) in [6.45, 7) is 12.7. The van der Waals surface area contributed by atoms with E-state index in [1.807, 2.05) is 24.3 Å². The van der Waals surface area contributed by atoms with Crippen LogP contribution >= 0.6 is 0 Å². The van der Waals surface area contributed by atoms with Crippen LogP contribution in [0.3, 0.4) is 0 Å². The Labute approximate surface area is 204 Å². The van der Waals surface area contributed by atoms with Crippen molar-refractivity contribution in [2.45, 2.75) is 39.5 Å². The van der Waals surface area contributed by atoms with Crippen LogP contribution < -0.4 is 0 Å². The van der Waals surface area contributed by atoms with Gasteiger partial charge in [0.25, 0.3) is 0 Å². The van der Waals surface area contributed by atoms with Crippen LogP contribution in [0.2, 0.25) is 0 Å². The highest BCUT2D eigenvalue weighted by Gasteiger charge is 2.15. The van der Waals surface area contributed by atoms with Gasteiger partial charge in [0.2, 0.25) is 0 Å². The zero-order valence-corrected chi connectivity index (χ0v) is 20.8. The van der Waals surface area contributed by atoms with Crippen molar-refractivity contribution in [1.82, 2.24) is 9.80 Å². The lowest BCUT2D eigenvalue weighted by Crippen LogP contribution is -2.46. The van der Waals surface area contributed by atoms with Crippen molar-refractivity contribution in [3.63, 3.8) is 0 Å². The number of phenols is 2. The topological polar surface area (TPSA) is 71.7 Å². The van der Waals surface area contributed by atoms with Crippen LogP contribution in [0.5, 0.6) is 11.5 Å². The number of nitrogens with zero attached hydrogens (tertiary/aromatic N) is 4. The van der Waals surface area contributed by atoms with E-state index >= 15 is 0 Å². The standard InChI is InChI=1S/C28H40N4O2/c1-3-27(23-7-11-25(33)12-8-23)29-15-5-17-31-19-21-32(22-20-31)18-6-16-30-28(4-2)24-9-13-26(34)14-10-24/h7-14,33-34H,3-6,15-22H2,1-2H3. The molecule has 0 atom stereocenters. The Morgan fingerprint density at radius 1 is 0.647 bits per heavy atom. The Kier molecular flexibility index (Phi) is 10.6. The fourth-order valence-corrected chi connectivity index (χ4v) is 4.38. The van der Waals surface area contributed by atoms with Crippen LogP contribution in [0.4, 0.5) is 0 Å². The van der Waals surface area contributed by atoms with Crippen molar-refractivity contribution in [3.8, 4) is 11.5 Å². The highest BCUT2D eigenvalue weighted by atomic mass is 16.3. The normalized spacial score (nSPS) is 16.2. The third-order valence-electron chi connectivity index (χ3n) is 6.41. The van der Waals surface area contributed by atoms with Gasteiger partial charge in [-0.3, -0.25) is 9.98 Å². The van der Waals surface area contributed by atoms with E-state index in [-0.39, 0.29) is 0 Å². The molecule has 1 fully saturated rings.